The topological polar surface area (TPSA) is 121 Å². The molecule has 0 aliphatic carbocycles. The molecule has 138 valence electrons. The van der Waals surface area contributed by atoms with Crippen molar-refractivity contribution in [2.24, 2.45) is 10.9 Å². The molecule has 2 aromatic rings. The normalized spacial score (nSPS) is 11.9. The number of sulfone groups is 1. The minimum absolute atomic E-state index is 0.0176. The van der Waals surface area contributed by atoms with Crippen molar-refractivity contribution in [3.8, 4) is 5.88 Å². The summed E-state index contributed by atoms with van der Waals surface area (Å²) < 4.78 is 28.5. The largest absolute Gasteiger partial charge is 0.480 e. The monoisotopic (exact) mass is 441 g/mol. The zero-order chi connectivity index (χ0) is 19.3. The Kier molecular flexibility index (Phi) is 6.32. The van der Waals surface area contributed by atoms with Crippen LogP contribution in [-0.4, -0.2) is 45.0 Å². The quantitative estimate of drug-likeness (QED) is 0.300. The molecule has 0 amide bonds. The maximum Gasteiger partial charge on any atom is 0.228 e. The number of carbonyl (C=O) groups is 1. The number of nitrogens with two attached hydrogens (primary N) is 1. The number of hydrogen-bond acceptors (Lipinski definition) is 7. The van der Waals surface area contributed by atoms with Gasteiger partial charge in [0, 0.05) is 11.8 Å². The van der Waals surface area contributed by atoms with Crippen LogP contribution in [0, 0.1) is 0 Å². The number of oxime groups is 1. The molecule has 0 spiro atoms. The number of methoxy groups -OCH3 is 1. The Balaban J connectivity index is 2.02. The third-order valence-corrected chi connectivity index (χ3v) is 4.96. The molecule has 0 atom stereocenters. The molecule has 0 saturated heterocycles. The highest BCUT2D eigenvalue weighted by atomic mass is 79.9. The van der Waals surface area contributed by atoms with Gasteiger partial charge < -0.3 is 15.3 Å². The van der Waals surface area contributed by atoms with Crippen molar-refractivity contribution in [1.82, 2.24) is 4.98 Å². The van der Waals surface area contributed by atoms with Gasteiger partial charge in [-0.25, -0.2) is 13.4 Å². The van der Waals surface area contributed by atoms with E-state index in [1.165, 1.54) is 31.4 Å². The van der Waals surface area contributed by atoms with E-state index in [4.69, 9.17) is 15.3 Å². The Morgan fingerprint density at radius 1 is 1.23 bits per heavy atom. The molecule has 0 unspecified atom stereocenters. The number of amidine groups is 1. The summed E-state index contributed by atoms with van der Waals surface area (Å²) >= 11 is 3.27. The predicted octanol–water partition coefficient (Wildman–Crippen LogP) is 1.78. The molecule has 1 aromatic carbocycles. The number of rotatable bonds is 7. The van der Waals surface area contributed by atoms with E-state index in [9.17, 15) is 13.2 Å². The smallest absolute Gasteiger partial charge is 0.228 e. The Morgan fingerprint density at radius 3 is 2.46 bits per heavy atom. The number of ether oxygens (including phenoxy) is 1. The van der Waals surface area contributed by atoms with Crippen LogP contribution in [0.15, 0.2) is 50.9 Å². The molecular formula is C16H16BrN3O5S. The molecule has 0 fully saturated rings. The minimum Gasteiger partial charge on any atom is -0.480 e. The van der Waals surface area contributed by atoms with Crippen molar-refractivity contribution in [2.75, 3.05) is 20.0 Å². The van der Waals surface area contributed by atoms with Gasteiger partial charge in [-0.3, -0.25) is 4.79 Å². The van der Waals surface area contributed by atoms with Gasteiger partial charge in [0.1, 0.15) is 5.69 Å². The van der Waals surface area contributed by atoms with Crippen molar-refractivity contribution < 1.29 is 22.8 Å². The van der Waals surface area contributed by atoms with E-state index in [0.717, 1.165) is 6.26 Å². The molecule has 0 aliphatic rings. The second kappa shape index (κ2) is 8.28. The fraction of sp³-hybridized carbons (Fsp3) is 0.188. The zero-order valence-electron chi connectivity index (χ0n) is 14.0. The number of carbonyl (C=O) groups excluding carboxylic acids is 1. The molecule has 1 heterocycles. The van der Waals surface area contributed by atoms with E-state index < -0.39 is 9.84 Å². The number of nitrogens with zero attached hydrogens (tertiary/aromatic N) is 2. The fourth-order valence-corrected chi connectivity index (χ4v) is 2.90. The third kappa shape index (κ3) is 5.02. The van der Waals surface area contributed by atoms with Crippen LogP contribution < -0.4 is 10.5 Å². The molecular weight excluding hydrogens is 426 g/mol. The van der Waals surface area contributed by atoms with Gasteiger partial charge >= 0.3 is 0 Å². The molecule has 10 heteroatoms. The SMILES string of the molecule is COc1nc(/C(N)=N/OCC(=O)c2ccc(S(C)(=O)=O)cc2)ccc1Br. The molecule has 0 bridgehead atoms. The number of ketones is 1. The third-order valence-electron chi connectivity index (χ3n) is 3.23. The van der Waals surface area contributed by atoms with Gasteiger partial charge in [0.25, 0.3) is 0 Å². The Morgan fingerprint density at radius 2 is 1.88 bits per heavy atom. The van der Waals surface area contributed by atoms with Crippen LogP contribution >= 0.6 is 15.9 Å². The summed E-state index contributed by atoms with van der Waals surface area (Å²) in [6.07, 6.45) is 1.09. The zero-order valence-corrected chi connectivity index (χ0v) is 16.4. The fourth-order valence-electron chi connectivity index (χ4n) is 1.89. The number of hydrogen-bond donors (Lipinski definition) is 1. The summed E-state index contributed by atoms with van der Waals surface area (Å²) in [4.78, 5) is 21.3. The summed E-state index contributed by atoms with van der Waals surface area (Å²) in [5.41, 5.74) is 6.40. The van der Waals surface area contributed by atoms with Gasteiger partial charge in [0.05, 0.1) is 16.5 Å². The highest BCUT2D eigenvalue weighted by Crippen LogP contribution is 2.21. The molecule has 0 aliphatic heterocycles. The molecule has 0 radical (unpaired) electrons. The molecule has 26 heavy (non-hydrogen) atoms. The first kappa shape index (κ1) is 19.9. The van der Waals surface area contributed by atoms with Crippen LogP contribution in [0.4, 0.5) is 0 Å². The number of benzene rings is 1. The van der Waals surface area contributed by atoms with Crippen molar-refractivity contribution in [1.29, 1.82) is 0 Å². The molecule has 0 saturated carbocycles. The molecule has 8 nitrogen and oxygen atoms in total. The van der Waals surface area contributed by atoms with E-state index in [0.29, 0.717) is 21.6 Å². The first-order chi connectivity index (χ1) is 12.2. The Bertz CT molecular complexity index is 943. The highest BCUT2D eigenvalue weighted by molar-refractivity contribution is 9.10. The summed E-state index contributed by atoms with van der Waals surface area (Å²) in [6.45, 7) is -0.355. The number of aromatic nitrogens is 1. The molecule has 2 rings (SSSR count). The first-order valence-electron chi connectivity index (χ1n) is 7.22. The van der Waals surface area contributed by atoms with Crippen molar-refractivity contribution in [3.05, 3.63) is 52.1 Å². The second-order valence-corrected chi connectivity index (χ2v) is 8.03. The lowest BCUT2D eigenvalue weighted by molar-refractivity contribution is 0.0775. The lowest BCUT2D eigenvalue weighted by Gasteiger charge is -2.05. The average Bonchev–Trinajstić information content (AvgIpc) is 2.61. The van der Waals surface area contributed by atoms with E-state index >= 15 is 0 Å². The average molecular weight is 442 g/mol. The van der Waals surface area contributed by atoms with Crippen LogP contribution in [0.2, 0.25) is 0 Å². The van der Waals surface area contributed by atoms with Crippen LogP contribution in [0.25, 0.3) is 0 Å². The first-order valence-corrected chi connectivity index (χ1v) is 9.90. The number of pyridine rings is 1. The summed E-state index contributed by atoms with van der Waals surface area (Å²) in [6, 6.07) is 8.85. The van der Waals surface area contributed by atoms with Crippen LogP contribution in [0.3, 0.4) is 0 Å². The van der Waals surface area contributed by atoms with Crippen molar-refractivity contribution >= 4 is 37.4 Å². The van der Waals surface area contributed by atoms with E-state index in [-0.39, 0.29) is 23.1 Å². The van der Waals surface area contributed by atoms with Gasteiger partial charge in [0.2, 0.25) is 11.7 Å². The second-order valence-electron chi connectivity index (χ2n) is 5.16. The highest BCUT2D eigenvalue weighted by Gasteiger charge is 2.11. The lowest BCUT2D eigenvalue weighted by Crippen LogP contribution is -2.17. The molecule has 1 aromatic heterocycles. The van der Waals surface area contributed by atoms with Gasteiger partial charge in [-0.1, -0.05) is 5.16 Å². The van der Waals surface area contributed by atoms with Gasteiger partial charge in [-0.05, 0) is 52.3 Å². The van der Waals surface area contributed by atoms with E-state index in [2.05, 4.69) is 26.1 Å². The Hall–Kier alpha value is -2.46. The van der Waals surface area contributed by atoms with Crippen molar-refractivity contribution in [2.45, 2.75) is 4.90 Å². The van der Waals surface area contributed by atoms with Crippen LogP contribution in [0.5, 0.6) is 5.88 Å². The van der Waals surface area contributed by atoms with Gasteiger partial charge in [-0.2, -0.15) is 0 Å². The molecule has 2 N–H and O–H groups in total. The number of halogens is 1. The van der Waals surface area contributed by atoms with E-state index in [1.54, 1.807) is 12.1 Å². The van der Waals surface area contributed by atoms with Crippen LogP contribution in [-0.2, 0) is 14.7 Å². The van der Waals surface area contributed by atoms with Crippen molar-refractivity contribution in [3.63, 3.8) is 0 Å². The standard InChI is InChI=1S/C16H16BrN3O5S/c1-24-16-12(17)7-8-13(19-16)15(18)20-25-9-14(21)10-3-5-11(6-4-10)26(2,22)23/h3-8H,9H2,1-2H3,(H2,18,20). The maximum absolute atomic E-state index is 12.0. The van der Waals surface area contributed by atoms with E-state index in [1.807, 2.05) is 0 Å². The summed E-state index contributed by atoms with van der Waals surface area (Å²) in [5.74, 6) is -0.0540. The summed E-state index contributed by atoms with van der Waals surface area (Å²) in [7, 11) is -1.85. The van der Waals surface area contributed by atoms with Gasteiger partial charge in [0.15, 0.2) is 22.3 Å². The maximum atomic E-state index is 12.0. The minimum atomic E-state index is -3.31. The summed E-state index contributed by atoms with van der Waals surface area (Å²) in [5, 5.41) is 3.67. The lowest BCUT2D eigenvalue weighted by atomic mass is 10.1. The number of Topliss-reactive ketones (excluding diaryl/α,β-unsaturated/α-hetero) is 1. The van der Waals surface area contributed by atoms with Gasteiger partial charge in [-0.15, -0.1) is 0 Å². The predicted molar refractivity (Wildman–Crippen MR) is 99.0 cm³/mol. The van der Waals surface area contributed by atoms with Crippen LogP contribution in [0.1, 0.15) is 16.1 Å². The Labute approximate surface area is 159 Å².